The maximum Gasteiger partial charge on any atom is 0.348 e. The van der Waals surface area contributed by atoms with Crippen LogP contribution in [0.1, 0.15) is 36.1 Å². The van der Waals surface area contributed by atoms with Crippen molar-refractivity contribution in [3.05, 3.63) is 51.6 Å². The Morgan fingerprint density at radius 2 is 2.00 bits per heavy atom. The number of aryl methyl sites for hydroxylation is 1. The Labute approximate surface area is 163 Å². The zero-order valence-electron chi connectivity index (χ0n) is 15.5. The van der Waals surface area contributed by atoms with E-state index < -0.39 is 0 Å². The van der Waals surface area contributed by atoms with Crippen molar-refractivity contribution in [3.8, 4) is 0 Å². The number of thioether (sulfide) groups is 1. The molecule has 1 aromatic heterocycles. The second kappa shape index (κ2) is 9.19. The van der Waals surface area contributed by atoms with E-state index in [2.05, 4.69) is 10.3 Å². The van der Waals surface area contributed by atoms with Gasteiger partial charge in [-0.2, -0.15) is 4.98 Å². The number of aliphatic hydroxyl groups excluding tert-OH is 1. The maximum atomic E-state index is 12.4. The number of carbonyl (C=O) groups excluding carboxylic acids is 1. The van der Waals surface area contributed by atoms with E-state index in [0.717, 1.165) is 48.2 Å². The number of nitrogens with one attached hydrogen (secondary N) is 1. The van der Waals surface area contributed by atoms with Crippen LogP contribution in [0.3, 0.4) is 0 Å². The van der Waals surface area contributed by atoms with Gasteiger partial charge in [0, 0.05) is 30.1 Å². The molecule has 7 heteroatoms. The second-order valence-electron chi connectivity index (χ2n) is 6.76. The van der Waals surface area contributed by atoms with Gasteiger partial charge >= 0.3 is 5.69 Å². The van der Waals surface area contributed by atoms with Crippen LogP contribution in [-0.2, 0) is 24.2 Å². The second-order valence-corrected chi connectivity index (χ2v) is 7.73. The SMILES string of the molecule is Cc1ccc(NC(=O)CSc2nc(=O)n(CCCO)c3c2CCCC3)cc1. The molecule has 0 radical (unpaired) electrons. The van der Waals surface area contributed by atoms with Crippen molar-refractivity contribution in [1.29, 1.82) is 0 Å². The molecule has 0 aliphatic heterocycles. The van der Waals surface area contributed by atoms with Crippen LogP contribution in [0.15, 0.2) is 34.1 Å². The highest BCUT2D eigenvalue weighted by molar-refractivity contribution is 8.00. The average Bonchev–Trinajstić information content (AvgIpc) is 2.67. The van der Waals surface area contributed by atoms with E-state index in [4.69, 9.17) is 5.11 Å². The Kier molecular flexibility index (Phi) is 6.68. The number of aliphatic hydroxyl groups is 1. The zero-order valence-corrected chi connectivity index (χ0v) is 16.3. The summed E-state index contributed by atoms with van der Waals surface area (Å²) in [5.74, 6) is 0.104. The first-order chi connectivity index (χ1) is 13.1. The summed E-state index contributed by atoms with van der Waals surface area (Å²) >= 11 is 1.33. The monoisotopic (exact) mass is 387 g/mol. The van der Waals surface area contributed by atoms with Crippen LogP contribution in [0.4, 0.5) is 5.69 Å². The summed E-state index contributed by atoms with van der Waals surface area (Å²) in [6.07, 6.45) is 4.38. The number of carbonyl (C=O) groups is 1. The molecule has 1 aromatic carbocycles. The maximum absolute atomic E-state index is 12.4. The van der Waals surface area contributed by atoms with Crippen LogP contribution in [0.2, 0.25) is 0 Å². The number of nitrogens with zero attached hydrogens (tertiary/aromatic N) is 2. The molecule has 0 spiro atoms. The largest absolute Gasteiger partial charge is 0.396 e. The molecule has 0 saturated heterocycles. The Balaban J connectivity index is 1.72. The van der Waals surface area contributed by atoms with Gasteiger partial charge in [-0.05, 0) is 51.2 Å². The first-order valence-corrected chi connectivity index (χ1v) is 10.3. The molecular formula is C20H25N3O3S. The van der Waals surface area contributed by atoms with E-state index in [1.807, 2.05) is 31.2 Å². The van der Waals surface area contributed by atoms with Gasteiger partial charge in [0.15, 0.2) is 0 Å². The fourth-order valence-electron chi connectivity index (χ4n) is 3.29. The molecule has 0 bridgehead atoms. The standard InChI is InChI=1S/C20H25N3O3S/c1-14-7-9-15(10-8-14)21-18(25)13-27-19-16-5-2-3-6-17(16)23(11-4-12-24)20(26)22-19/h7-10,24H,2-6,11-13H2,1H3,(H,21,25). The average molecular weight is 388 g/mol. The van der Waals surface area contributed by atoms with Gasteiger partial charge in [-0.3, -0.25) is 9.36 Å². The van der Waals surface area contributed by atoms with E-state index >= 15 is 0 Å². The minimum Gasteiger partial charge on any atom is -0.396 e. The summed E-state index contributed by atoms with van der Waals surface area (Å²) in [7, 11) is 0. The van der Waals surface area contributed by atoms with Gasteiger partial charge in [0.25, 0.3) is 0 Å². The predicted octanol–water partition coefficient (Wildman–Crippen LogP) is 2.54. The van der Waals surface area contributed by atoms with Crippen LogP contribution < -0.4 is 11.0 Å². The lowest BCUT2D eigenvalue weighted by Gasteiger charge is -2.22. The Bertz CT molecular complexity index is 862. The van der Waals surface area contributed by atoms with Crippen molar-refractivity contribution in [2.24, 2.45) is 0 Å². The quantitative estimate of drug-likeness (QED) is 0.563. The first-order valence-electron chi connectivity index (χ1n) is 9.31. The Morgan fingerprint density at radius 1 is 1.26 bits per heavy atom. The number of aromatic nitrogens is 2. The molecule has 0 saturated carbocycles. The number of hydrogen-bond donors (Lipinski definition) is 2. The molecule has 144 valence electrons. The van der Waals surface area contributed by atoms with Crippen molar-refractivity contribution in [3.63, 3.8) is 0 Å². The third kappa shape index (κ3) is 4.99. The summed E-state index contributed by atoms with van der Waals surface area (Å²) < 4.78 is 1.70. The molecule has 3 rings (SSSR count). The van der Waals surface area contributed by atoms with E-state index in [-0.39, 0.29) is 24.0 Å². The zero-order chi connectivity index (χ0) is 19.2. The van der Waals surface area contributed by atoms with E-state index in [1.165, 1.54) is 11.8 Å². The van der Waals surface area contributed by atoms with Gasteiger partial charge in [0.1, 0.15) is 5.03 Å². The molecular weight excluding hydrogens is 362 g/mol. The molecule has 1 aliphatic carbocycles. The first kappa shape index (κ1) is 19.6. The summed E-state index contributed by atoms with van der Waals surface area (Å²) in [5, 5.41) is 12.6. The van der Waals surface area contributed by atoms with Crippen molar-refractivity contribution in [1.82, 2.24) is 9.55 Å². The molecule has 1 heterocycles. The third-order valence-corrected chi connectivity index (χ3v) is 5.68. The van der Waals surface area contributed by atoms with Crippen LogP contribution in [0, 0.1) is 6.92 Å². The number of hydrogen-bond acceptors (Lipinski definition) is 5. The summed E-state index contributed by atoms with van der Waals surface area (Å²) in [6, 6.07) is 7.65. The highest BCUT2D eigenvalue weighted by atomic mass is 32.2. The van der Waals surface area contributed by atoms with Crippen molar-refractivity contribution >= 4 is 23.4 Å². The number of benzene rings is 1. The number of amides is 1. The molecule has 0 fully saturated rings. The molecule has 0 unspecified atom stereocenters. The van der Waals surface area contributed by atoms with Gasteiger partial charge in [-0.15, -0.1) is 0 Å². The van der Waals surface area contributed by atoms with Crippen LogP contribution in [0.5, 0.6) is 0 Å². The Morgan fingerprint density at radius 3 is 2.74 bits per heavy atom. The lowest BCUT2D eigenvalue weighted by atomic mass is 9.97. The van der Waals surface area contributed by atoms with Crippen molar-refractivity contribution < 1.29 is 9.90 Å². The topological polar surface area (TPSA) is 84.2 Å². The molecule has 6 nitrogen and oxygen atoms in total. The van der Waals surface area contributed by atoms with Crippen LogP contribution >= 0.6 is 11.8 Å². The number of rotatable bonds is 7. The molecule has 27 heavy (non-hydrogen) atoms. The lowest BCUT2D eigenvalue weighted by Crippen LogP contribution is -2.30. The Hall–Kier alpha value is -2.12. The molecule has 1 aliphatic rings. The summed E-state index contributed by atoms with van der Waals surface area (Å²) in [4.78, 5) is 28.9. The van der Waals surface area contributed by atoms with Gasteiger partial charge < -0.3 is 10.4 Å². The van der Waals surface area contributed by atoms with E-state index in [0.29, 0.717) is 18.0 Å². The van der Waals surface area contributed by atoms with Gasteiger partial charge in [-0.25, -0.2) is 4.79 Å². The fraction of sp³-hybridized carbons (Fsp3) is 0.450. The van der Waals surface area contributed by atoms with E-state index in [9.17, 15) is 9.59 Å². The predicted molar refractivity (Wildman–Crippen MR) is 107 cm³/mol. The van der Waals surface area contributed by atoms with Gasteiger partial charge in [0.2, 0.25) is 5.91 Å². The highest BCUT2D eigenvalue weighted by Crippen LogP contribution is 2.28. The summed E-state index contributed by atoms with van der Waals surface area (Å²) in [6.45, 7) is 2.54. The molecule has 1 amide bonds. The third-order valence-electron chi connectivity index (χ3n) is 4.67. The van der Waals surface area contributed by atoms with Crippen LogP contribution in [0.25, 0.3) is 0 Å². The lowest BCUT2D eigenvalue weighted by molar-refractivity contribution is -0.113. The summed E-state index contributed by atoms with van der Waals surface area (Å²) in [5.41, 5.74) is 3.73. The van der Waals surface area contributed by atoms with E-state index in [1.54, 1.807) is 4.57 Å². The number of fused-ring (bicyclic) bond motifs is 1. The minimum absolute atomic E-state index is 0.0525. The number of anilines is 1. The minimum atomic E-state index is -0.287. The van der Waals surface area contributed by atoms with Gasteiger partial charge in [-0.1, -0.05) is 29.5 Å². The van der Waals surface area contributed by atoms with Crippen LogP contribution in [-0.4, -0.2) is 32.9 Å². The normalized spacial score (nSPS) is 13.3. The highest BCUT2D eigenvalue weighted by Gasteiger charge is 2.21. The molecule has 0 atom stereocenters. The van der Waals surface area contributed by atoms with Crippen molar-refractivity contribution in [2.45, 2.75) is 50.6 Å². The smallest absolute Gasteiger partial charge is 0.348 e. The van der Waals surface area contributed by atoms with Crippen molar-refractivity contribution in [2.75, 3.05) is 17.7 Å². The molecule has 2 aromatic rings. The fourth-order valence-corrected chi connectivity index (χ4v) is 4.17. The molecule has 2 N–H and O–H groups in total. The van der Waals surface area contributed by atoms with Gasteiger partial charge in [0.05, 0.1) is 5.75 Å².